The summed E-state index contributed by atoms with van der Waals surface area (Å²) in [6.45, 7) is 1.69. The van der Waals surface area contributed by atoms with Crippen LogP contribution in [0.2, 0.25) is 0 Å². The molecule has 2 heteroatoms. The Morgan fingerprint density at radius 1 is 1.36 bits per heavy atom. The highest BCUT2D eigenvalue weighted by molar-refractivity contribution is 5.78. The topological polar surface area (TPSA) is 29.1 Å². The van der Waals surface area contributed by atoms with E-state index in [1.165, 1.54) is 5.56 Å². The summed E-state index contributed by atoms with van der Waals surface area (Å²) in [4.78, 5) is 10.4. The third kappa shape index (κ3) is 0.955. The minimum Gasteiger partial charge on any atom is -0.309 e. The summed E-state index contributed by atoms with van der Waals surface area (Å²) in [5.41, 5.74) is 3.04. The van der Waals surface area contributed by atoms with E-state index >= 15 is 0 Å². The quantitative estimate of drug-likeness (QED) is 0.633. The summed E-state index contributed by atoms with van der Waals surface area (Å²) >= 11 is 0. The zero-order valence-corrected chi connectivity index (χ0v) is 6.05. The van der Waals surface area contributed by atoms with E-state index in [4.69, 9.17) is 0 Å². The zero-order valence-electron chi connectivity index (χ0n) is 6.05. The van der Waals surface area contributed by atoms with Crippen LogP contribution in [0, 0.1) is 0 Å². The van der Waals surface area contributed by atoms with Crippen molar-refractivity contribution in [3.05, 3.63) is 34.9 Å². The van der Waals surface area contributed by atoms with Crippen molar-refractivity contribution in [2.75, 3.05) is 0 Å². The Hall–Kier alpha value is -1.15. The average molecular weight is 146 g/mol. The van der Waals surface area contributed by atoms with E-state index in [1.807, 2.05) is 18.4 Å². The number of rotatable bonds is 1. The summed E-state index contributed by atoms with van der Waals surface area (Å²) in [7, 11) is 0. The lowest BCUT2D eigenvalue weighted by Crippen LogP contribution is -2.00. The van der Waals surface area contributed by atoms with Crippen molar-refractivity contribution in [2.45, 2.75) is 13.1 Å². The van der Waals surface area contributed by atoms with E-state index in [0.717, 1.165) is 18.7 Å². The predicted octanol–water partition coefficient (Wildman–Crippen LogP) is 0.748. The molecule has 0 aromatic heterocycles. The molecule has 0 amide bonds. The SMILES string of the molecule is O=[C]c1cccc2c1CNC2. The fourth-order valence-electron chi connectivity index (χ4n) is 1.43. The Kier molecular flexibility index (Phi) is 1.47. The lowest BCUT2D eigenvalue weighted by molar-refractivity contribution is 0.562. The molecule has 1 heterocycles. The molecule has 11 heavy (non-hydrogen) atoms. The maximum absolute atomic E-state index is 10.4. The molecule has 1 aromatic carbocycles. The minimum absolute atomic E-state index is 0.701. The molecule has 0 saturated carbocycles. The van der Waals surface area contributed by atoms with Gasteiger partial charge in [0.2, 0.25) is 6.29 Å². The van der Waals surface area contributed by atoms with E-state index in [2.05, 4.69) is 5.32 Å². The fraction of sp³-hybridized carbons (Fsp3) is 0.222. The normalized spacial score (nSPS) is 14.5. The van der Waals surface area contributed by atoms with Crippen LogP contribution in [0.15, 0.2) is 18.2 Å². The van der Waals surface area contributed by atoms with Crippen LogP contribution in [-0.2, 0) is 17.9 Å². The van der Waals surface area contributed by atoms with Crippen molar-refractivity contribution in [3.8, 4) is 0 Å². The first-order chi connectivity index (χ1) is 5.42. The molecular weight excluding hydrogens is 138 g/mol. The van der Waals surface area contributed by atoms with Crippen LogP contribution in [0.25, 0.3) is 0 Å². The highest BCUT2D eigenvalue weighted by atomic mass is 16.1. The number of hydrogen-bond donors (Lipinski definition) is 1. The van der Waals surface area contributed by atoms with E-state index in [-0.39, 0.29) is 0 Å². The zero-order chi connectivity index (χ0) is 7.68. The van der Waals surface area contributed by atoms with Gasteiger partial charge in [-0.1, -0.05) is 18.2 Å². The molecule has 1 radical (unpaired) electrons. The van der Waals surface area contributed by atoms with Crippen LogP contribution in [-0.4, -0.2) is 6.29 Å². The van der Waals surface area contributed by atoms with Crippen LogP contribution < -0.4 is 5.32 Å². The molecule has 1 N–H and O–H groups in total. The van der Waals surface area contributed by atoms with Crippen molar-refractivity contribution in [2.24, 2.45) is 0 Å². The molecule has 1 aromatic rings. The molecule has 2 rings (SSSR count). The van der Waals surface area contributed by atoms with Gasteiger partial charge in [0.25, 0.3) is 0 Å². The van der Waals surface area contributed by atoms with Gasteiger partial charge in [-0.3, -0.25) is 4.79 Å². The van der Waals surface area contributed by atoms with Gasteiger partial charge in [0, 0.05) is 18.7 Å². The number of benzene rings is 1. The largest absolute Gasteiger partial charge is 0.309 e. The Labute approximate surface area is 65.2 Å². The summed E-state index contributed by atoms with van der Waals surface area (Å²) in [6.07, 6.45) is 1.94. The summed E-state index contributed by atoms with van der Waals surface area (Å²) < 4.78 is 0. The van der Waals surface area contributed by atoms with Crippen molar-refractivity contribution in [1.82, 2.24) is 5.32 Å². The third-order valence-corrected chi connectivity index (χ3v) is 2.00. The number of hydrogen-bond acceptors (Lipinski definition) is 2. The maximum atomic E-state index is 10.4. The van der Waals surface area contributed by atoms with Gasteiger partial charge >= 0.3 is 0 Å². The molecule has 0 unspecified atom stereocenters. The molecule has 0 aliphatic carbocycles. The number of carbonyl (C=O) groups excluding carboxylic acids is 1. The van der Waals surface area contributed by atoms with Gasteiger partial charge in [0.05, 0.1) is 0 Å². The second-order valence-corrected chi connectivity index (χ2v) is 2.65. The molecule has 0 bridgehead atoms. The number of fused-ring (bicyclic) bond motifs is 1. The predicted molar refractivity (Wildman–Crippen MR) is 41.8 cm³/mol. The van der Waals surface area contributed by atoms with E-state index < -0.39 is 0 Å². The lowest BCUT2D eigenvalue weighted by Gasteiger charge is -1.97. The first-order valence-electron chi connectivity index (χ1n) is 3.61. The Morgan fingerprint density at radius 2 is 2.27 bits per heavy atom. The van der Waals surface area contributed by atoms with Crippen molar-refractivity contribution in [1.29, 1.82) is 0 Å². The van der Waals surface area contributed by atoms with Crippen LogP contribution in [0.4, 0.5) is 0 Å². The molecule has 55 valence electrons. The van der Waals surface area contributed by atoms with Crippen LogP contribution in [0.5, 0.6) is 0 Å². The smallest absolute Gasteiger partial charge is 0.233 e. The highest BCUT2D eigenvalue weighted by Crippen LogP contribution is 2.17. The van der Waals surface area contributed by atoms with Crippen molar-refractivity contribution in [3.63, 3.8) is 0 Å². The number of nitrogens with one attached hydrogen (secondary N) is 1. The molecule has 0 saturated heterocycles. The van der Waals surface area contributed by atoms with Crippen LogP contribution >= 0.6 is 0 Å². The second-order valence-electron chi connectivity index (χ2n) is 2.65. The first-order valence-corrected chi connectivity index (χ1v) is 3.61. The molecule has 1 aliphatic heterocycles. The Bertz CT molecular complexity index is 294. The fourth-order valence-corrected chi connectivity index (χ4v) is 1.43. The maximum Gasteiger partial charge on any atom is 0.233 e. The molecule has 1 aliphatic rings. The first kappa shape index (κ1) is 6.55. The van der Waals surface area contributed by atoms with Gasteiger partial charge in [0.15, 0.2) is 0 Å². The Balaban J connectivity index is 2.58. The van der Waals surface area contributed by atoms with Crippen molar-refractivity contribution < 1.29 is 4.79 Å². The van der Waals surface area contributed by atoms with E-state index in [0.29, 0.717) is 5.56 Å². The van der Waals surface area contributed by atoms with Gasteiger partial charge in [-0.25, -0.2) is 0 Å². The van der Waals surface area contributed by atoms with E-state index in [1.54, 1.807) is 6.07 Å². The third-order valence-electron chi connectivity index (χ3n) is 2.00. The molecule has 0 spiro atoms. The summed E-state index contributed by atoms with van der Waals surface area (Å²) in [6, 6.07) is 5.74. The lowest BCUT2D eigenvalue weighted by atomic mass is 10.1. The van der Waals surface area contributed by atoms with Gasteiger partial charge in [0.1, 0.15) is 0 Å². The molecule has 0 atom stereocenters. The highest BCUT2D eigenvalue weighted by Gasteiger charge is 2.12. The standard InChI is InChI=1S/C9H8NO/c11-6-8-3-1-2-7-4-10-5-9(7)8/h1-3,10H,4-5H2. The monoisotopic (exact) mass is 146 g/mol. The van der Waals surface area contributed by atoms with Gasteiger partial charge < -0.3 is 5.32 Å². The van der Waals surface area contributed by atoms with Crippen LogP contribution in [0.3, 0.4) is 0 Å². The average Bonchev–Trinajstić information content (AvgIpc) is 2.50. The summed E-state index contributed by atoms with van der Waals surface area (Å²) in [5.74, 6) is 0. The molecule has 0 fully saturated rings. The Morgan fingerprint density at radius 3 is 3.09 bits per heavy atom. The van der Waals surface area contributed by atoms with Gasteiger partial charge in [-0.2, -0.15) is 0 Å². The minimum atomic E-state index is 0.701. The van der Waals surface area contributed by atoms with Crippen molar-refractivity contribution >= 4 is 6.29 Å². The van der Waals surface area contributed by atoms with E-state index in [9.17, 15) is 4.79 Å². The van der Waals surface area contributed by atoms with Gasteiger partial charge in [-0.05, 0) is 11.1 Å². The van der Waals surface area contributed by atoms with Crippen LogP contribution in [0.1, 0.15) is 16.7 Å². The van der Waals surface area contributed by atoms with Gasteiger partial charge in [-0.15, -0.1) is 0 Å². The second kappa shape index (κ2) is 2.47. The molecule has 2 nitrogen and oxygen atoms in total. The summed E-state index contributed by atoms with van der Waals surface area (Å²) in [5, 5.41) is 3.18. The molecular formula is C9H8NO.